The Morgan fingerprint density at radius 2 is 1.79 bits per heavy atom. The number of rotatable bonds is 6. The summed E-state index contributed by atoms with van der Waals surface area (Å²) in [6.07, 6.45) is 2.22. The second kappa shape index (κ2) is 8.51. The predicted molar refractivity (Wildman–Crippen MR) is 105 cm³/mol. The number of nitrogens with one attached hydrogen (secondary N) is 2. The summed E-state index contributed by atoms with van der Waals surface area (Å²) in [4.78, 5) is 28.0. The van der Waals surface area contributed by atoms with Crippen molar-refractivity contribution in [2.75, 3.05) is 18.0 Å². The number of benzene rings is 2. The Bertz CT molecular complexity index is 955. The summed E-state index contributed by atoms with van der Waals surface area (Å²) in [5.74, 6) is -0.645. The van der Waals surface area contributed by atoms with Gasteiger partial charge in [0.1, 0.15) is 6.29 Å². The molecule has 2 aromatic carbocycles. The molecular weight excluding hydrogens is 380 g/mol. The highest BCUT2D eigenvalue weighted by Crippen LogP contribution is 2.25. The van der Waals surface area contributed by atoms with Gasteiger partial charge in [-0.05, 0) is 43.2 Å². The van der Waals surface area contributed by atoms with Crippen LogP contribution < -0.4 is 20.9 Å². The maximum atomic E-state index is 12.7. The third-order valence-electron chi connectivity index (χ3n) is 4.63. The first-order valence-corrected chi connectivity index (χ1v) is 10.4. The van der Waals surface area contributed by atoms with E-state index in [2.05, 4.69) is 10.3 Å². The molecule has 1 saturated heterocycles. The second-order valence-corrected chi connectivity index (χ2v) is 8.27. The van der Waals surface area contributed by atoms with Crippen LogP contribution in [0.2, 0.25) is 0 Å². The van der Waals surface area contributed by atoms with Crippen molar-refractivity contribution in [3.63, 3.8) is 0 Å². The van der Waals surface area contributed by atoms with Gasteiger partial charge in [0.2, 0.25) is 0 Å². The van der Waals surface area contributed by atoms with Gasteiger partial charge < -0.3 is 10.6 Å². The van der Waals surface area contributed by atoms with Gasteiger partial charge in [-0.2, -0.15) is 0 Å². The van der Waals surface area contributed by atoms with Crippen LogP contribution in [0.1, 0.15) is 33.6 Å². The van der Waals surface area contributed by atoms with Crippen molar-refractivity contribution in [3.8, 4) is 0 Å². The zero-order valence-electron chi connectivity index (χ0n) is 15.2. The molecule has 3 rings (SSSR count). The largest absolute Gasteiger partial charge is 0.371 e. The molecule has 0 aromatic heterocycles. The molecule has 1 heterocycles. The molecule has 28 heavy (non-hydrogen) atoms. The number of sulfonamides is 1. The van der Waals surface area contributed by atoms with Crippen molar-refractivity contribution in [2.24, 2.45) is 5.73 Å². The standard InChI is InChI=1S/C19H22N4O4S/c20-15-8-10-23(11-9-15)18-7-6-14(13-24)12-17(18)19(25)21-22-28(26,27)16-4-2-1-3-5-16/h1-7,12-13,15,22H,8-11,20H2,(H,21,25). The molecule has 0 spiro atoms. The Balaban J connectivity index is 1.81. The van der Waals surface area contributed by atoms with Crippen molar-refractivity contribution >= 4 is 27.9 Å². The lowest BCUT2D eigenvalue weighted by Gasteiger charge is -2.33. The molecule has 9 heteroatoms. The highest BCUT2D eigenvalue weighted by atomic mass is 32.2. The molecule has 0 radical (unpaired) electrons. The number of anilines is 1. The fourth-order valence-electron chi connectivity index (χ4n) is 3.06. The number of carbonyl (C=O) groups excluding carboxylic acids is 2. The first-order valence-electron chi connectivity index (χ1n) is 8.87. The predicted octanol–water partition coefficient (Wildman–Crippen LogP) is 1.05. The number of hydrogen-bond acceptors (Lipinski definition) is 6. The molecule has 1 fully saturated rings. The van der Waals surface area contributed by atoms with Crippen LogP contribution in [-0.4, -0.2) is 39.7 Å². The Hall–Kier alpha value is -2.75. The number of piperidine rings is 1. The highest BCUT2D eigenvalue weighted by molar-refractivity contribution is 7.89. The van der Waals surface area contributed by atoms with E-state index >= 15 is 0 Å². The minimum atomic E-state index is -3.91. The molecule has 1 aliphatic heterocycles. The second-order valence-electron chi connectivity index (χ2n) is 6.59. The summed E-state index contributed by atoms with van der Waals surface area (Å²) in [5, 5.41) is 0. The molecule has 0 atom stereocenters. The van der Waals surface area contributed by atoms with Gasteiger partial charge in [0.05, 0.1) is 10.5 Å². The Morgan fingerprint density at radius 1 is 1.11 bits per heavy atom. The van der Waals surface area contributed by atoms with E-state index in [0.717, 1.165) is 12.8 Å². The van der Waals surface area contributed by atoms with Gasteiger partial charge in [-0.25, -0.2) is 8.42 Å². The average molecular weight is 402 g/mol. The van der Waals surface area contributed by atoms with E-state index in [-0.39, 0.29) is 16.5 Å². The van der Waals surface area contributed by atoms with E-state index in [1.54, 1.807) is 30.3 Å². The zero-order chi connectivity index (χ0) is 20.1. The van der Waals surface area contributed by atoms with Crippen LogP contribution in [0.5, 0.6) is 0 Å². The summed E-state index contributed by atoms with van der Waals surface area (Å²) < 4.78 is 24.6. The minimum absolute atomic E-state index is 0.0298. The van der Waals surface area contributed by atoms with Gasteiger partial charge >= 0.3 is 0 Å². The lowest BCUT2D eigenvalue weighted by Crippen LogP contribution is -2.43. The zero-order valence-corrected chi connectivity index (χ0v) is 16.0. The first-order chi connectivity index (χ1) is 13.4. The number of amides is 1. The average Bonchev–Trinajstić information content (AvgIpc) is 2.73. The van der Waals surface area contributed by atoms with E-state index in [4.69, 9.17) is 5.73 Å². The van der Waals surface area contributed by atoms with Gasteiger partial charge in [-0.15, -0.1) is 4.83 Å². The molecular formula is C19H22N4O4S. The highest BCUT2D eigenvalue weighted by Gasteiger charge is 2.23. The summed E-state index contributed by atoms with van der Waals surface area (Å²) in [7, 11) is -3.91. The molecule has 0 unspecified atom stereocenters. The summed E-state index contributed by atoms with van der Waals surface area (Å²) >= 11 is 0. The Morgan fingerprint density at radius 3 is 2.43 bits per heavy atom. The van der Waals surface area contributed by atoms with Crippen molar-refractivity contribution in [3.05, 3.63) is 59.7 Å². The van der Waals surface area contributed by atoms with Crippen LogP contribution in [0.3, 0.4) is 0 Å². The molecule has 8 nitrogen and oxygen atoms in total. The molecule has 1 aliphatic rings. The smallest absolute Gasteiger partial charge is 0.268 e. The lowest BCUT2D eigenvalue weighted by atomic mass is 10.0. The van der Waals surface area contributed by atoms with Gasteiger partial charge in [-0.3, -0.25) is 15.0 Å². The molecule has 1 amide bonds. The minimum Gasteiger partial charge on any atom is -0.371 e. The van der Waals surface area contributed by atoms with E-state index in [1.807, 2.05) is 4.90 Å². The number of aldehydes is 1. The molecule has 2 aromatic rings. The van der Waals surface area contributed by atoms with Crippen LogP contribution >= 0.6 is 0 Å². The lowest BCUT2D eigenvalue weighted by molar-refractivity contribution is 0.0945. The molecule has 0 saturated carbocycles. The SMILES string of the molecule is NC1CCN(c2ccc(C=O)cc2C(=O)NNS(=O)(=O)c2ccccc2)CC1. The van der Waals surface area contributed by atoms with E-state index in [1.165, 1.54) is 18.2 Å². The topological polar surface area (TPSA) is 122 Å². The Kier molecular flexibility index (Phi) is 6.08. The number of nitrogens with two attached hydrogens (primary N) is 1. The third-order valence-corrected chi connectivity index (χ3v) is 5.90. The number of nitrogens with zero attached hydrogens (tertiary/aromatic N) is 1. The number of hydrazine groups is 1. The summed E-state index contributed by atoms with van der Waals surface area (Å²) in [6.45, 7) is 1.36. The van der Waals surface area contributed by atoms with E-state index in [0.29, 0.717) is 30.6 Å². The Labute approximate surface area is 163 Å². The van der Waals surface area contributed by atoms with Crippen LogP contribution in [0.25, 0.3) is 0 Å². The quantitative estimate of drug-likeness (QED) is 0.490. The maximum absolute atomic E-state index is 12.7. The fourth-order valence-corrected chi connectivity index (χ4v) is 3.92. The molecule has 4 N–H and O–H groups in total. The van der Waals surface area contributed by atoms with Crippen molar-refractivity contribution in [1.29, 1.82) is 0 Å². The maximum Gasteiger partial charge on any atom is 0.268 e. The van der Waals surface area contributed by atoms with Crippen LogP contribution in [0.4, 0.5) is 5.69 Å². The van der Waals surface area contributed by atoms with Crippen molar-refractivity contribution in [2.45, 2.75) is 23.8 Å². The molecule has 0 bridgehead atoms. The van der Waals surface area contributed by atoms with Crippen LogP contribution in [0.15, 0.2) is 53.4 Å². The monoisotopic (exact) mass is 402 g/mol. The first kappa shape index (κ1) is 20.0. The van der Waals surface area contributed by atoms with Gasteiger partial charge in [0.15, 0.2) is 0 Å². The van der Waals surface area contributed by atoms with Gasteiger partial charge in [-0.1, -0.05) is 18.2 Å². The van der Waals surface area contributed by atoms with Crippen molar-refractivity contribution in [1.82, 2.24) is 10.3 Å². The van der Waals surface area contributed by atoms with Gasteiger partial charge in [0, 0.05) is 30.4 Å². The normalized spacial score (nSPS) is 15.2. The summed E-state index contributed by atoms with van der Waals surface area (Å²) in [6, 6.07) is 12.6. The fraction of sp³-hybridized carbons (Fsp3) is 0.263. The number of carbonyl (C=O) groups is 2. The molecule has 0 aliphatic carbocycles. The summed E-state index contributed by atoms with van der Waals surface area (Å²) in [5.41, 5.74) is 9.35. The van der Waals surface area contributed by atoms with Crippen molar-refractivity contribution < 1.29 is 18.0 Å². The number of hydrogen-bond donors (Lipinski definition) is 3. The third kappa shape index (κ3) is 4.56. The van der Waals surface area contributed by atoms with Crippen LogP contribution in [0, 0.1) is 0 Å². The van der Waals surface area contributed by atoms with E-state index < -0.39 is 15.9 Å². The van der Waals surface area contributed by atoms with Gasteiger partial charge in [0.25, 0.3) is 15.9 Å². The van der Waals surface area contributed by atoms with Crippen LogP contribution in [-0.2, 0) is 10.0 Å². The van der Waals surface area contributed by atoms with E-state index in [9.17, 15) is 18.0 Å². The molecule has 148 valence electrons.